The molecule has 2 N–H and O–H groups in total. The fourth-order valence-corrected chi connectivity index (χ4v) is 5.63. The summed E-state index contributed by atoms with van der Waals surface area (Å²) in [5.74, 6) is -0.631. The summed E-state index contributed by atoms with van der Waals surface area (Å²) >= 11 is 0. The number of ether oxygens (including phenoxy) is 1. The molecule has 1 saturated heterocycles. The van der Waals surface area contributed by atoms with E-state index >= 15 is 0 Å². The molecule has 0 bridgehead atoms. The quantitative estimate of drug-likeness (QED) is 0.599. The number of carbonyl (C=O) groups is 3. The van der Waals surface area contributed by atoms with Crippen LogP contribution in [0.5, 0.6) is 0 Å². The van der Waals surface area contributed by atoms with Gasteiger partial charge in [-0.3, -0.25) is 14.4 Å². The second kappa shape index (κ2) is 11.0. The van der Waals surface area contributed by atoms with E-state index in [2.05, 4.69) is 10.6 Å². The molecule has 186 valence electrons. The van der Waals surface area contributed by atoms with Gasteiger partial charge in [0, 0.05) is 25.7 Å². The zero-order valence-electron chi connectivity index (χ0n) is 20.6. The van der Waals surface area contributed by atoms with E-state index in [1.54, 1.807) is 0 Å². The van der Waals surface area contributed by atoms with Crippen LogP contribution in [0.15, 0.2) is 54.6 Å². The first kappa shape index (κ1) is 24.9. The number of nitrogens with one attached hydrogen (secondary N) is 2. The highest BCUT2D eigenvalue weighted by molar-refractivity contribution is 5.95. The SMILES string of the molecule is CNC1CCN(C(=O)[C@H]2CC[C@@](C(=O)NCCC(=O)OC)(c3ccccc3)c3ccccc32)CC1. The van der Waals surface area contributed by atoms with Gasteiger partial charge in [-0.2, -0.15) is 0 Å². The van der Waals surface area contributed by atoms with Crippen molar-refractivity contribution < 1.29 is 19.1 Å². The van der Waals surface area contributed by atoms with Crippen molar-refractivity contribution in [3.63, 3.8) is 0 Å². The third-order valence-corrected chi connectivity index (χ3v) is 7.61. The Balaban J connectivity index is 1.67. The van der Waals surface area contributed by atoms with Gasteiger partial charge in [-0.25, -0.2) is 0 Å². The molecule has 2 aromatic rings. The highest BCUT2D eigenvalue weighted by Crippen LogP contribution is 2.47. The highest BCUT2D eigenvalue weighted by Gasteiger charge is 2.48. The van der Waals surface area contributed by atoms with Gasteiger partial charge in [0.25, 0.3) is 0 Å². The molecule has 0 saturated carbocycles. The van der Waals surface area contributed by atoms with Crippen molar-refractivity contribution in [3.8, 4) is 0 Å². The lowest BCUT2D eigenvalue weighted by Gasteiger charge is -2.42. The number of benzene rings is 2. The number of piperidine rings is 1. The largest absolute Gasteiger partial charge is 0.469 e. The van der Waals surface area contributed by atoms with Gasteiger partial charge in [-0.15, -0.1) is 0 Å². The van der Waals surface area contributed by atoms with Gasteiger partial charge in [0.1, 0.15) is 0 Å². The predicted molar refractivity (Wildman–Crippen MR) is 134 cm³/mol. The molecule has 0 radical (unpaired) electrons. The molecule has 1 heterocycles. The summed E-state index contributed by atoms with van der Waals surface area (Å²) in [4.78, 5) is 41.1. The maximum Gasteiger partial charge on any atom is 0.307 e. The Morgan fingerprint density at radius 2 is 1.69 bits per heavy atom. The molecule has 1 aliphatic heterocycles. The van der Waals surface area contributed by atoms with E-state index in [4.69, 9.17) is 4.74 Å². The molecule has 2 aromatic carbocycles. The van der Waals surface area contributed by atoms with Gasteiger partial charge in [0.2, 0.25) is 11.8 Å². The van der Waals surface area contributed by atoms with Crippen molar-refractivity contribution in [1.82, 2.24) is 15.5 Å². The number of esters is 1. The van der Waals surface area contributed by atoms with E-state index in [0.717, 1.165) is 42.6 Å². The van der Waals surface area contributed by atoms with Crippen LogP contribution in [0.3, 0.4) is 0 Å². The molecule has 1 fully saturated rings. The summed E-state index contributed by atoms with van der Waals surface area (Å²) in [5.41, 5.74) is 1.76. The first-order chi connectivity index (χ1) is 17.0. The number of methoxy groups -OCH3 is 1. The fourth-order valence-electron chi connectivity index (χ4n) is 5.63. The second-order valence-electron chi connectivity index (χ2n) is 9.42. The van der Waals surface area contributed by atoms with Crippen LogP contribution in [-0.2, 0) is 24.5 Å². The van der Waals surface area contributed by atoms with Crippen LogP contribution in [0, 0.1) is 0 Å². The minimum absolute atomic E-state index is 0.110. The monoisotopic (exact) mass is 477 g/mol. The number of nitrogens with zero attached hydrogens (tertiary/aromatic N) is 1. The molecule has 0 unspecified atom stereocenters. The van der Waals surface area contributed by atoms with Crippen molar-refractivity contribution in [1.29, 1.82) is 0 Å². The van der Waals surface area contributed by atoms with E-state index in [0.29, 0.717) is 18.9 Å². The average Bonchev–Trinajstić information content (AvgIpc) is 2.92. The molecule has 2 amide bonds. The van der Waals surface area contributed by atoms with Crippen LogP contribution < -0.4 is 10.6 Å². The lowest BCUT2D eigenvalue weighted by atomic mass is 9.62. The van der Waals surface area contributed by atoms with E-state index in [-0.39, 0.29) is 36.7 Å². The Kier molecular flexibility index (Phi) is 7.86. The molecule has 0 spiro atoms. The highest BCUT2D eigenvalue weighted by atomic mass is 16.5. The van der Waals surface area contributed by atoms with Gasteiger partial charge in [0.15, 0.2) is 0 Å². The minimum Gasteiger partial charge on any atom is -0.469 e. The van der Waals surface area contributed by atoms with Gasteiger partial charge in [0.05, 0.1) is 24.9 Å². The molecule has 7 heteroatoms. The first-order valence-corrected chi connectivity index (χ1v) is 12.5. The zero-order chi connectivity index (χ0) is 24.8. The van der Waals surface area contributed by atoms with Crippen LogP contribution in [-0.4, -0.2) is 62.5 Å². The van der Waals surface area contributed by atoms with Crippen LogP contribution >= 0.6 is 0 Å². The Morgan fingerprint density at radius 3 is 2.37 bits per heavy atom. The van der Waals surface area contributed by atoms with Crippen molar-refractivity contribution in [3.05, 3.63) is 71.3 Å². The molecule has 1 aliphatic carbocycles. The number of amides is 2. The Hall–Kier alpha value is -3.19. The first-order valence-electron chi connectivity index (χ1n) is 12.5. The van der Waals surface area contributed by atoms with Crippen molar-refractivity contribution in [2.24, 2.45) is 0 Å². The fraction of sp³-hybridized carbons (Fsp3) is 0.464. The van der Waals surface area contributed by atoms with Crippen molar-refractivity contribution >= 4 is 17.8 Å². The number of carbonyl (C=O) groups excluding carboxylic acids is 3. The van der Waals surface area contributed by atoms with Crippen LogP contribution in [0.25, 0.3) is 0 Å². The van der Waals surface area contributed by atoms with E-state index in [1.807, 2.05) is 66.5 Å². The van der Waals surface area contributed by atoms with Crippen molar-refractivity contribution in [2.45, 2.75) is 49.5 Å². The zero-order valence-corrected chi connectivity index (χ0v) is 20.6. The molecule has 7 nitrogen and oxygen atoms in total. The molecule has 35 heavy (non-hydrogen) atoms. The third-order valence-electron chi connectivity index (χ3n) is 7.61. The number of likely N-dealkylation sites (tertiary alicyclic amines) is 1. The Morgan fingerprint density at radius 1 is 1.00 bits per heavy atom. The molecule has 2 atom stereocenters. The molecule has 2 aliphatic rings. The van der Waals surface area contributed by atoms with Crippen molar-refractivity contribution in [2.75, 3.05) is 33.8 Å². The second-order valence-corrected chi connectivity index (χ2v) is 9.42. The van der Waals surface area contributed by atoms with Gasteiger partial charge >= 0.3 is 5.97 Å². The summed E-state index contributed by atoms with van der Waals surface area (Å²) in [6.07, 6.45) is 3.11. The molecule has 0 aromatic heterocycles. The van der Waals surface area contributed by atoms with Gasteiger partial charge in [-0.1, -0.05) is 54.6 Å². The lowest BCUT2D eigenvalue weighted by molar-refractivity contribution is -0.140. The number of rotatable bonds is 7. The Bertz CT molecular complexity index is 1050. The van der Waals surface area contributed by atoms with Gasteiger partial charge in [-0.05, 0) is 49.4 Å². The summed E-state index contributed by atoms with van der Waals surface area (Å²) in [6.45, 7) is 1.70. The summed E-state index contributed by atoms with van der Waals surface area (Å²) in [6, 6.07) is 18.1. The standard InChI is InChI=1S/C28H35N3O4/c1-29-21-14-18-31(19-15-21)26(33)23-12-16-28(20-8-4-3-5-9-20,24-11-7-6-10-22(23)24)27(34)30-17-13-25(32)35-2/h3-11,21,23,29H,12-19H2,1-2H3,(H,30,34)/t23-,28+/m0/s1. The minimum atomic E-state index is -0.927. The third kappa shape index (κ3) is 4.96. The molecular weight excluding hydrogens is 442 g/mol. The van der Waals surface area contributed by atoms with E-state index < -0.39 is 5.41 Å². The van der Waals surface area contributed by atoms with Crippen LogP contribution in [0.2, 0.25) is 0 Å². The van der Waals surface area contributed by atoms with Gasteiger partial charge < -0.3 is 20.3 Å². The normalized spacial score (nSPS) is 22.2. The van der Waals surface area contributed by atoms with E-state index in [9.17, 15) is 14.4 Å². The number of hydrogen-bond donors (Lipinski definition) is 2. The maximum atomic E-state index is 13.8. The number of hydrogen-bond acceptors (Lipinski definition) is 5. The average molecular weight is 478 g/mol. The predicted octanol–water partition coefficient (Wildman–Crippen LogP) is 2.74. The number of fused-ring (bicyclic) bond motifs is 1. The van der Waals surface area contributed by atoms with E-state index in [1.165, 1.54) is 7.11 Å². The topological polar surface area (TPSA) is 87.7 Å². The summed E-state index contributed by atoms with van der Waals surface area (Å²) in [5, 5.41) is 6.29. The smallest absolute Gasteiger partial charge is 0.307 e. The summed E-state index contributed by atoms with van der Waals surface area (Å²) < 4.78 is 4.72. The molecule has 4 rings (SSSR count). The summed E-state index contributed by atoms with van der Waals surface area (Å²) in [7, 11) is 3.31. The van der Waals surface area contributed by atoms with Crippen LogP contribution in [0.1, 0.15) is 54.7 Å². The Labute approximate surface area is 207 Å². The molecular formula is C28H35N3O4. The van der Waals surface area contributed by atoms with Crippen LogP contribution in [0.4, 0.5) is 0 Å². The maximum absolute atomic E-state index is 13.8. The lowest BCUT2D eigenvalue weighted by Crippen LogP contribution is -2.50.